The number of ether oxygens (including phenoxy) is 1. The summed E-state index contributed by atoms with van der Waals surface area (Å²) in [5.41, 5.74) is 6.01. The molecule has 1 aliphatic rings. The zero-order valence-electron chi connectivity index (χ0n) is 16.9. The van der Waals surface area contributed by atoms with Crippen LogP contribution >= 0.6 is 0 Å². The third-order valence-electron chi connectivity index (χ3n) is 4.95. The second-order valence-corrected chi connectivity index (χ2v) is 8.53. The van der Waals surface area contributed by atoms with E-state index in [0.717, 1.165) is 36.9 Å². The number of aromatic hydroxyl groups is 1. The lowest BCUT2D eigenvalue weighted by Crippen LogP contribution is -2.24. The standard InChI is InChI=1S/C21H28N4O3/c1-21(2,3)11-13-5-7-16-15(9-13)19(24-23-16)20(27)25-22-12-14-6-8-17(26)18(10-14)28-4/h6,8,10,12-13,26H,5,7,9,11H2,1-4H3,(H,23,24)(H,25,27)/b22-12+/t13-/m1/s1. The van der Waals surface area contributed by atoms with Gasteiger partial charge < -0.3 is 9.84 Å². The van der Waals surface area contributed by atoms with Crippen molar-refractivity contribution in [2.75, 3.05) is 7.11 Å². The molecular weight excluding hydrogens is 356 g/mol. The van der Waals surface area contributed by atoms with Gasteiger partial charge in [0.05, 0.1) is 13.3 Å². The minimum absolute atomic E-state index is 0.0525. The lowest BCUT2D eigenvalue weighted by atomic mass is 9.76. The normalized spacial score (nSPS) is 16.8. The van der Waals surface area contributed by atoms with Gasteiger partial charge in [-0.2, -0.15) is 10.2 Å². The Labute approximate surface area is 165 Å². The third kappa shape index (κ3) is 4.71. The molecule has 7 heteroatoms. The number of hydrazone groups is 1. The Hall–Kier alpha value is -2.83. The number of nitrogens with one attached hydrogen (secondary N) is 2. The molecule has 1 heterocycles. The van der Waals surface area contributed by atoms with Crippen molar-refractivity contribution >= 4 is 12.1 Å². The molecule has 0 spiro atoms. The number of benzene rings is 1. The molecular formula is C21H28N4O3. The van der Waals surface area contributed by atoms with E-state index < -0.39 is 0 Å². The first-order valence-corrected chi connectivity index (χ1v) is 9.53. The van der Waals surface area contributed by atoms with Gasteiger partial charge in [0.2, 0.25) is 0 Å². The number of hydrogen-bond acceptors (Lipinski definition) is 5. The number of aryl methyl sites for hydroxylation is 1. The molecule has 1 aromatic heterocycles. The monoisotopic (exact) mass is 384 g/mol. The Kier molecular flexibility index (Phi) is 5.72. The van der Waals surface area contributed by atoms with Crippen LogP contribution in [0.2, 0.25) is 0 Å². The Bertz CT molecular complexity index is 880. The fourth-order valence-electron chi connectivity index (χ4n) is 3.79. The van der Waals surface area contributed by atoms with Crippen molar-refractivity contribution in [3.05, 3.63) is 40.7 Å². The molecule has 0 saturated heterocycles. The van der Waals surface area contributed by atoms with Crippen LogP contribution in [0.25, 0.3) is 0 Å². The highest BCUT2D eigenvalue weighted by molar-refractivity contribution is 5.94. The molecule has 3 N–H and O–H groups in total. The third-order valence-corrected chi connectivity index (χ3v) is 4.95. The first-order chi connectivity index (χ1) is 13.3. The molecule has 0 radical (unpaired) electrons. The molecule has 1 aliphatic carbocycles. The van der Waals surface area contributed by atoms with E-state index in [1.54, 1.807) is 12.1 Å². The van der Waals surface area contributed by atoms with Gasteiger partial charge in [-0.1, -0.05) is 20.8 Å². The maximum atomic E-state index is 12.6. The minimum atomic E-state index is -0.323. The lowest BCUT2D eigenvalue weighted by Gasteiger charge is -2.28. The van der Waals surface area contributed by atoms with Crippen molar-refractivity contribution in [3.8, 4) is 11.5 Å². The van der Waals surface area contributed by atoms with Gasteiger partial charge in [0, 0.05) is 11.3 Å². The quantitative estimate of drug-likeness (QED) is 0.543. The number of aromatic amines is 1. The maximum Gasteiger partial charge on any atom is 0.292 e. The molecule has 0 bridgehead atoms. The summed E-state index contributed by atoms with van der Waals surface area (Å²) in [6.45, 7) is 6.75. The molecule has 28 heavy (non-hydrogen) atoms. The average molecular weight is 384 g/mol. The van der Waals surface area contributed by atoms with Crippen molar-refractivity contribution in [2.24, 2.45) is 16.4 Å². The Morgan fingerprint density at radius 3 is 2.96 bits per heavy atom. The van der Waals surface area contributed by atoms with Gasteiger partial charge in [-0.3, -0.25) is 9.89 Å². The van der Waals surface area contributed by atoms with E-state index in [2.05, 4.69) is 41.5 Å². The summed E-state index contributed by atoms with van der Waals surface area (Å²) in [5.74, 6) is 0.638. The molecule has 2 aromatic rings. The second kappa shape index (κ2) is 8.04. The zero-order chi connectivity index (χ0) is 20.3. The second-order valence-electron chi connectivity index (χ2n) is 8.53. The van der Waals surface area contributed by atoms with Gasteiger partial charge in [-0.05, 0) is 60.8 Å². The van der Waals surface area contributed by atoms with Crippen LogP contribution in [0.1, 0.15) is 60.9 Å². The van der Waals surface area contributed by atoms with Gasteiger partial charge in [-0.25, -0.2) is 5.43 Å². The number of methoxy groups -OCH3 is 1. The Balaban J connectivity index is 1.67. The Morgan fingerprint density at radius 2 is 2.25 bits per heavy atom. The molecule has 1 atom stereocenters. The van der Waals surface area contributed by atoms with E-state index in [1.807, 2.05) is 0 Å². The number of phenols is 1. The number of carbonyl (C=O) groups is 1. The number of phenolic OH excluding ortho intramolecular Hbond substituents is 1. The van der Waals surface area contributed by atoms with Crippen molar-refractivity contribution < 1.29 is 14.6 Å². The van der Waals surface area contributed by atoms with Gasteiger partial charge in [-0.15, -0.1) is 0 Å². The smallest absolute Gasteiger partial charge is 0.292 e. The summed E-state index contributed by atoms with van der Waals surface area (Å²) in [6.07, 6.45) is 5.53. The molecule has 0 saturated carbocycles. The largest absolute Gasteiger partial charge is 0.504 e. The number of rotatable bonds is 5. The first-order valence-electron chi connectivity index (χ1n) is 9.53. The summed E-state index contributed by atoms with van der Waals surface area (Å²) < 4.78 is 5.07. The van der Waals surface area contributed by atoms with E-state index in [4.69, 9.17) is 4.74 Å². The predicted molar refractivity (Wildman–Crippen MR) is 108 cm³/mol. The van der Waals surface area contributed by atoms with Crippen molar-refractivity contribution in [2.45, 2.75) is 46.5 Å². The van der Waals surface area contributed by atoms with Crippen LogP contribution in [0.3, 0.4) is 0 Å². The molecule has 150 valence electrons. The highest BCUT2D eigenvalue weighted by Crippen LogP contribution is 2.34. The van der Waals surface area contributed by atoms with Gasteiger partial charge in [0.25, 0.3) is 5.91 Å². The van der Waals surface area contributed by atoms with E-state index in [9.17, 15) is 9.90 Å². The SMILES string of the molecule is COc1cc(/C=N/NC(=O)c2n[nH]c3c2C[C@H](CC(C)(C)C)CC3)ccc1O. The summed E-state index contributed by atoms with van der Waals surface area (Å²) >= 11 is 0. The fraction of sp³-hybridized carbons (Fsp3) is 0.476. The number of fused-ring (bicyclic) bond motifs is 1. The topological polar surface area (TPSA) is 99.6 Å². The molecule has 0 fully saturated rings. The van der Waals surface area contributed by atoms with Gasteiger partial charge >= 0.3 is 0 Å². The number of aromatic nitrogens is 2. The van der Waals surface area contributed by atoms with Crippen LogP contribution < -0.4 is 10.2 Å². The van der Waals surface area contributed by atoms with E-state index in [0.29, 0.717) is 22.9 Å². The molecule has 0 unspecified atom stereocenters. The average Bonchev–Trinajstić information content (AvgIpc) is 3.05. The molecule has 0 aliphatic heterocycles. The van der Waals surface area contributed by atoms with Crippen LogP contribution in [0.15, 0.2) is 23.3 Å². The zero-order valence-corrected chi connectivity index (χ0v) is 16.9. The van der Waals surface area contributed by atoms with Gasteiger partial charge in [0.15, 0.2) is 17.2 Å². The van der Waals surface area contributed by atoms with E-state index >= 15 is 0 Å². The summed E-state index contributed by atoms with van der Waals surface area (Å²) in [5, 5.41) is 20.9. The maximum absolute atomic E-state index is 12.6. The summed E-state index contributed by atoms with van der Waals surface area (Å²) in [7, 11) is 1.48. The van der Waals surface area contributed by atoms with Crippen LogP contribution in [0.5, 0.6) is 11.5 Å². The van der Waals surface area contributed by atoms with E-state index in [-0.39, 0.29) is 17.1 Å². The number of carbonyl (C=O) groups excluding carboxylic acids is 1. The summed E-state index contributed by atoms with van der Waals surface area (Å²) in [6, 6.07) is 4.83. The van der Waals surface area contributed by atoms with Crippen molar-refractivity contribution in [3.63, 3.8) is 0 Å². The molecule has 1 aromatic carbocycles. The van der Waals surface area contributed by atoms with Crippen LogP contribution in [0, 0.1) is 11.3 Å². The van der Waals surface area contributed by atoms with Crippen molar-refractivity contribution in [1.82, 2.24) is 15.6 Å². The first kappa shape index (κ1) is 19.9. The van der Waals surface area contributed by atoms with E-state index in [1.165, 1.54) is 19.4 Å². The number of hydrogen-bond donors (Lipinski definition) is 3. The van der Waals surface area contributed by atoms with Gasteiger partial charge in [0.1, 0.15) is 0 Å². The number of amides is 1. The Morgan fingerprint density at radius 1 is 1.46 bits per heavy atom. The highest BCUT2D eigenvalue weighted by atomic mass is 16.5. The molecule has 1 amide bonds. The highest BCUT2D eigenvalue weighted by Gasteiger charge is 2.29. The summed E-state index contributed by atoms with van der Waals surface area (Å²) in [4.78, 5) is 12.6. The number of H-pyrrole nitrogens is 1. The van der Waals surface area contributed by atoms with Crippen LogP contribution in [0.4, 0.5) is 0 Å². The minimum Gasteiger partial charge on any atom is -0.504 e. The lowest BCUT2D eigenvalue weighted by molar-refractivity contribution is 0.0948. The van der Waals surface area contributed by atoms with Crippen LogP contribution in [-0.4, -0.2) is 34.5 Å². The molecule has 3 rings (SSSR count). The fourth-order valence-corrected chi connectivity index (χ4v) is 3.79. The predicted octanol–water partition coefficient (Wildman–Crippen LogP) is 3.43. The van der Waals surface area contributed by atoms with Crippen LogP contribution in [-0.2, 0) is 12.8 Å². The van der Waals surface area contributed by atoms with Crippen molar-refractivity contribution in [1.29, 1.82) is 0 Å². The number of nitrogens with zero attached hydrogens (tertiary/aromatic N) is 2. The molecule has 7 nitrogen and oxygen atoms in total.